The summed E-state index contributed by atoms with van der Waals surface area (Å²) in [4.78, 5) is 15.3. The number of rotatable bonds is 3. The van der Waals surface area contributed by atoms with E-state index in [0.29, 0.717) is 16.0 Å². The molecule has 0 spiro atoms. The highest BCUT2D eigenvalue weighted by Crippen LogP contribution is 2.28. The van der Waals surface area contributed by atoms with E-state index in [9.17, 15) is 4.79 Å². The summed E-state index contributed by atoms with van der Waals surface area (Å²) in [5.41, 5.74) is 1.09. The van der Waals surface area contributed by atoms with Crippen molar-refractivity contribution in [1.82, 2.24) is 4.98 Å². The third kappa shape index (κ3) is 2.87. The molecule has 0 aliphatic heterocycles. The number of aromatic nitrogens is 1. The van der Waals surface area contributed by atoms with Gasteiger partial charge in [-0.1, -0.05) is 18.2 Å². The predicted octanol–water partition coefficient (Wildman–Crippen LogP) is 4.49. The number of ether oxygens (including phenoxy) is 1. The number of benzene rings is 2. The van der Waals surface area contributed by atoms with E-state index in [1.807, 2.05) is 30.3 Å². The first-order valence-electron chi connectivity index (χ1n) is 6.19. The molecule has 0 fully saturated rings. The number of hydrogen-bond donors (Lipinski definition) is 1. The third-order valence-corrected chi connectivity index (χ3v) is 3.63. The van der Waals surface area contributed by atoms with Crippen LogP contribution in [0.4, 0.5) is 0 Å². The van der Waals surface area contributed by atoms with Gasteiger partial charge in [0, 0.05) is 9.86 Å². The molecule has 0 saturated carbocycles. The highest BCUT2D eigenvalue weighted by molar-refractivity contribution is 9.10. The van der Waals surface area contributed by atoms with Crippen LogP contribution in [-0.4, -0.2) is 16.1 Å². The maximum absolute atomic E-state index is 11.0. The molecule has 0 saturated heterocycles. The second-order valence-electron chi connectivity index (χ2n) is 4.41. The molecule has 0 amide bonds. The Balaban J connectivity index is 1.91. The fourth-order valence-corrected chi connectivity index (χ4v) is 2.50. The average molecular weight is 344 g/mol. The molecule has 0 radical (unpaired) electrons. The molecule has 1 aromatic heterocycles. The average Bonchev–Trinajstić information content (AvgIpc) is 2.47. The molecule has 3 rings (SSSR count). The molecular formula is C16H10BrNO3. The Bertz CT molecular complexity index is 833. The summed E-state index contributed by atoms with van der Waals surface area (Å²) in [5, 5.41) is 9.97. The Kier molecular flexibility index (Phi) is 3.58. The summed E-state index contributed by atoms with van der Waals surface area (Å²) < 4.78 is 6.19. The monoisotopic (exact) mass is 343 g/mol. The second-order valence-corrected chi connectivity index (χ2v) is 5.27. The van der Waals surface area contributed by atoms with Crippen molar-refractivity contribution in [2.75, 3.05) is 0 Å². The third-order valence-electron chi connectivity index (χ3n) is 2.97. The summed E-state index contributed by atoms with van der Waals surface area (Å²) in [5.74, 6) is 0.161. The van der Waals surface area contributed by atoms with Gasteiger partial charge in [-0.05, 0) is 46.3 Å². The maximum Gasteiger partial charge on any atom is 0.336 e. The molecule has 0 aliphatic rings. The lowest BCUT2D eigenvalue weighted by Crippen LogP contribution is -1.97. The number of fused-ring (bicyclic) bond motifs is 1. The number of hydrogen-bond acceptors (Lipinski definition) is 3. The van der Waals surface area contributed by atoms with Crippen molar-refractivity contribution in [3.63, 3.8) is 0 Å². The van der Waals surface area contributed by atoms with Crippen molar-refractivity contribution in [3.8, 4) is 11.5 Å². The van der Waals surface area contributed by atoms with Crippen molar-refractivity contribution in [2.45, 2.75) is 0 Å². The van der Waals surface area contributed by atoms with Gasteiger partial charge in [-0.2, -0.15) is 0 Å². The van der Waals surface area contributed by atoms with E-state index in [0.717, 1.165) is 10.9 Å². The van der Waals surface area contributed by atoms with Gasteiger partial charge in [0.1, 0.15) is 11.5 Å². The number of nitrogens with zero attached hydrogens (tertiary/aromatic N) is 1. The Morgan fingerprint density at radius 2 is 1.90 bits per heavy atom. The molecule has 1 heterocycles. The van der Waals surface area contributed by atoms with Gasteiger partial charge in [-0.3, -0.25) is 4.98 Å². The zero-order valence-electron chi connectivity index (χ0n) is 10.8. The van der Waals surface area contributed by atoms with Gasteiger partial charge >= 0.3 is 5.97 Å². The number of halogens is 1. The van der Waals surface area contributed by atoms with Crippen molar-refractivity contribution in [2.24, 2.45) is 0 Å². The molecule has 5 heteroatoms. The summed E-state index contributed by atoms with van der Waals surface area (Å²) in [7, 11) is 0. The van der Waals surface area contributed by atoms with Crippen LogP contribution >= 0.6 is 15.9 Å². The van der Waals surface area contributed by atoms with Gasteiger partial charge < -0.3 is 9.84 Å². The van der Waals surface area contributed by atoms with Crippen molar-refractivity contribution >= 4 is 32.8 Å². The highest BCUT2D eigenvalue weighted by atomic mass is 79.9. The van der Waals surface area contributed by atoms with Crippen LogP contribution in [0.25, 0.3) is 10.9 Å². The van der Waals surface area contributed by atoms with Crippen LogP contribution in [0, 0.1) is 0 Å². The van der Waals surface area contributed by atoms with Gasteiger partial charge in [0.25, 0.3) is 0 Å². The Morgan fingerprint density at radius 1 is 1.10 bits per heavy atom. The lowest BCUT2D eigenvalue weighted by Gasteiger charge is -2.08. The number of aromatic carboxylic acids is 1. The molecule has 0 bridgehead atoms. The quantitative estimate of drug-likeness (QED) is 0.761. The number of carboxylic acids is 1. The lowest BCUT2D eigenvalue weighted by molar-refractivity contribution is 0.0696. The lowest BCUT2D eigenvalue weighted by atomic mass is 10.2. The van der Waals surface area contributed by atoms with Crippen molar-refractivity contribution < 1.29 is 14.6 Å². The second kappa shape index (κ2) is 5.54. The Hall–Kier alpha value is -2.40. The van der Waals surface area contributed by atoms with Gasteiger partial charge in [-0.15, -0.1) is 0 Å². The molecule has 0 unspecified atom stereocenters. The summed E-state index contributed by atoms with van der Waals surface area (Å²) in [6.07, 6.45) is 1.64. The smallest absolute Gasteiger partial charge is 0.336 e. The highest BCUT2D eigenvalue weighted by Gasteiger charge is 2.09. The molecule has 21 heavy (non-hydrogen) atoms. The topological polar surface area (TPSA) is 59.4 Å². The van der Waals surface area contributed by atoms with E-state index in [2.05, 4.69) is 20.9 Å². The zero-order chi connectivity index (χ0) is 14.8. The van der Waals surface area contributed by atoms with Crippen molar-refractivity contribution in [1.29, 1.82) is 0 Å². The maximum atomic E-state index is 11.0. The van der Waals surface area contributed by atoms with Crippen LogP contribution in [0.1, 0.15) is 10.4 Å². The molecular weight excluding hydrogens is 334 g/mol. The van der Waals surface area contributed by atoms with Gasteiger partial charge in [-0.25, -0.2) is 4.79 Å². The van der Waals surface area contributed by atoms with Crippen LogP contribution in [0.5, 0.6) is 11.5 Å². The van der Waals surface area contributed by atoms with E-state index in [1.54, 1.807) is 18.3 Å². The normalized spacial score (nSPS) is 10.5. The Labute approximate surface area is 129 Å². The van der Waals surface area contributed by atoms with E-state index in [1.165, 1.54) is 6.07 Å². The van der Waals surface area contributed by atoms with E-state index in [4.69, 9.17) is 9.84 Å². The largest absolute Gasteiger partial charge is 0.478 e. The summed E-state index contributed by atoms with van der Waals surface area (Å²) in [6.45, 7) is 0. The van der Waals surface area contributed by atoms with Crippen LogP contribution in [0.3, 0.4) is 0 Å². The van der Waals surface area contributed by atoms with Crippen LogP contribution in [0.2, 0.25) is 0 Å². The molecule has 3 aromatic rings. The van der Waals surface area contributed by atoms with Crippen LogP contribution < -0.4 is 4.74 Å². The van der Waals surface area contributed by atoms with Crippen molar-refractivity contribution in [3.05, 3.63) is 64.8 Å². The Morgan fingerprint density at radius 3 is 2.67 bits per heavy atom. The number of para-hydroxylation sites is 1. The van der Waals surface area contributed by atoms with Crippen LogP contribution in [0.15, 0.2) is 59.2 Å². The predicted molar refractivity (Wildman–Crippen MR) is 82.9 cm³/mol. The zero-order valence-corrected chi connectivity index (χ0v) is 12.4. The summed E-state index contributed by atoms with van der Waals surface area (Å²) >= 11 is 3.22. The molecule has 4 nitrogen and oxygen atoms in total. The van der Waals surface area contributed by atoms with Gasteiger partial charge in [0.05, 0.1) is 17.3 Å². The van der Waals surface area contributed by atoms with E-state index in [-0.39, 0.29) is 5.56 Å². The summed E-state index contributed by atoms with van der Waals surface area (Å²) in [6, 6.07) is 14.4. The standard InChI is InChI=1S/C16H10BrNO3/c17-14-8-11(5-6-13(14)16(19)20)21-12-7-10-3-1-2-4-15(10)18-9-12/h1-9H,(H,19,20). The minimum atomic E-state index is -0.985. The van der Waals surface area contributed by atoms with E-state index < -0.39 is 5.97 Å². The SMILES string of the molecule is O=C(O)c1ccc(Oc2cnc3ccccc3c2)cc1Br. The molecule has 0 aliphatic carbocycles. The molecule has 0 atom stereocenters. The fourth-order valence-electron chi connectivity index (χ4n) is 1.98. The van der Waals surface area contributed by atoms with E-state index >= 15 is 0 Å². The number of pyridine rings is 1. The first-order valence-corrected chi connectivity index (χ1v) is 6.98. The molecule has 1 N–H and O–H groups in total. The molecule has 104 valence electrons. The van der Waals surface area contributed by atoms with Gasteiger partial charge in [0.2, 0.25) is 0 Å². The first kappa shape index (κ1) is 13.6. The van der Waals surface area contributed by atoms with Gasteiger partial charge in [0.15, 0.2) is 0 Å². The minimum Gasteiger partial charge on any atom is -0.478 e. The first-order chi connectivity index (χ1) is 10.1. The minimum absolute atomic E-state index is 0.194. The van der Waals surface area contributed by atoms with Crippen LogP contribution in [-0.2, 0) is 0 Å². The molecule has 2 aromatic carbocycles. The number of carboxylic acid groups (broad SMARTS) is 1. The number of carbonyl (C=O) groups is 1. The fraction of sp³-hybridized carbons (Fsp3) is 0.